The number of pyridine rings is 1. The molecule has 96 valence electrons. The highest BCUT2D eigenvalue weighted by molar-refractivity contribution is 5.97. The average molecular weight is 254 g/mol. The third-order valence-corrected chi connectivity index (χ3v) is 2.49. The first-order valence-electron chi connectivity index (χ1n) is 5.70. The van der Waals surface area contributed by atoms with Crippen LogP contribution in [0.5, 0.6) is 0 Å². The van der Waals surface area contributed by atoms with Crippen LogP contribution in [-0.2, 0) is 0 Å². The molecule has 0 amide bonds. The summed E-state index contributed by atoms with van der Waals surface area (Å²) < 4.78 is 0. The van der Waals surface area contributed by atoms with Gasteiger partial charge in [-0.05, 0) is 36.8 Å². The molecule has 0 aliphatic rings. The van der Waals surface area contributed by atoms with Gasteiger partial charge in [-0.2, -0.15) is 5.10 Å². The fourth-order valence-electron chi connectivity index (χ4n) is 1.50. The average Bonchev–Trinajstić information content (AvgIpc) is 2.46. The molecule has 5 heteroatoms. The molecule has 0 aliphatic carbocycles. The van der Waals surface area contributed by atoms with Crippen LogP contribution in [0, 0.1) is 0 Å². The van der Waals surface area contributed by atoms with E-state index < -0.39 is 5.97 Å². The summed E-state index contributed by atoms with van der Waals surface area (Å²) in [6.45, 7) is 1.82. The van der Waals surface area contributed by atoms with Gasteiger partial charge in [0.25, 0.3) is 0 Å². The van der Waals surface area contributed by atoms with Gasteiger partial charge in [0.2, 0.25) is 0 Å². The lowest BCUT2D eigenvalue weighted by Gasteiger charge is -2.06. The monoisotopic (exact) mass is 254 g/mol. The summed E-state index contributed by atoms with van der Waals surface area (Å²) in [5, 5.41) is 14.9. The van der Waals surface area contributed by atoms with Gasteiger partial charge in [0, 0.05) is 6.20 Å². The van der Waals surface area contributed by atoms with Crippen molar-refractivity contribution in [3.63, 3.8) is 0 Å². The second kappa shape index (κ2) is 5.77. The highest BCUT2D eigenvalue weighted by atomic mass is 16.4. The second-order valence-corrected chi connectivity index (χ2v) is 3.89. The number of anilines is 1. The lowest BCUT2D eigenvalue weighted by Crippen LogP contribution is -2.22. The maximum absolute atomic E-state index is 10.7. The topological polar surface area (TPSA) is 77.4 Å². The molecular formula is C14H12N3O2-. The molecule has 1 N–H and O–H groups in total. The van der Waals surface area contributed by atoms with Crippen molar-refractivity contribution in [1.82, 2.24) is 4.98 Å². The zero-order valence-corrected chi connectivity index (χ0v) is 10.3. The Hall–Kier alpha value is -2.69. The number of carbonyl (C=O) groups excluding carboxylic acids is 1. The molecule has 1 aromatic heterocycles. The number of nitrogens with zero attached hydrogens (tertiary/aromatic N) is 2. The van der Waals surface area contributed by atoms with Crippen LogP contribution >= 0.6 is 0 Å². The summed E-state index contributed by atoms with van der Waals surface area (Å²) in [5.41, 5.74) is 4.95. The number of nitrogens with one attached hydrogen (secondary N) is 1. The Morgan fingerprint density at radius 2 is 2.11 bits per heavy atom. The number of aromatic carboxylic acids is 1. The summed E-state index contributed by atoms with van der Waals surface area (Å²) in [6, 6.07) is 11.8. The molecule has 0 fully saturated rings. The SMILES string of the molecule is C/C(=N/Nc1cccc(C(=O)[O-])c1)c1ccccn1. The highest BCUT2D eigenvalue weighted by Gasteiger charge is 1.98. The fourth-order valence-corrected chi connectivity index (χ4v) is 1.50. The summed E-state index contributed by atoms with van der Waals surface area (Å²) >= 11 is 0. The molecule has 0 saturated carbocycles. The molecule has 1 heterocycles. The van der Waals surface area contributed by atoms with E-state index in [0.717, 1.165) is 5.69 Å². The van der Waals surface area contributed by atoms with Crippen molar-refractivity contribution in [3.8, 4) is 0 Å². The summed E-state index contributed by atoms with van der Waals surface area (Å²) in [5.74, 6) is -1.21. The van der Waals surface area contributed by atoms with E-state index in [1.165, 1.54) is 12.1 Å². The van der Waals surface area contributed by atoms with Crippen LogP contribution in [-0.4, -0.2) is 16.7 Å². The lowest BCUT2D eigenvalue weighted by molar-refractivity contribution is -0.255. The first kappa shape index (κ1) is 12.8. The van der Waals surface area contributed by atoms with Crippen molar-refractivity contribution in [1.29, 1.82) is 0 Å². The van der Waals surface area contributed by atoms with Gasteiger partial charge >= 0.3 is 0 Å². The Morgan fingerprint density at radius 1 is 1.26 bits per heavy atom. The molecule has 0 bridgehead atoms. The zero-order chi connectivity index (χ0) is 13.7. The van der Waals surface area contributed by atoms with Crippen LogP contribution in [0.1, 0.15) is 23.0 Å². The zero-order valence-electron chi connectivity index (χ0n) is 10.3. The highest BCUT2D eigenvalue weighted by Crippen LogP contribution is 2.10. The van der Waals surface area contributed by atoms with E-state index in [9.17, 15) is 9.90 Å². The first-order chi connectivity index (χ1) is 9.16. The quantitative estimate of drug-likeness (QED) is 0.658. The predicted molar refractivity (Wildman–Crippen MR) is 70.8 cm³/mol. The molecule has 5 nitrogen and oxygen atoms in total. The number of hydrogen-bond donors (Lipinski definition) is 1. The Balaban J connectivity index is 2.14. The van der Waals surface area contributed by atoms with E-state index in [1.54, 1.807) is 18.3 Å². The minimum absolute atomic E-state index is 0.107. The first-order valence-corrected chi connectivity index (χ1v) is 5.70. The van der Waals surface area contributed by atoms with Crippen LogP contribution in [0.25, 0.3) is 0 Å². The molecule has 0 unspecified atom stereocenters. The standard InChI is InChI=1S/C14H13N3O2/c1-10(13-7-2-3-8-15-13)16-17-12-6-4-5-11(9-12)14(18)19/h2-9,17H,1H3,(H,18,19)/p-1/b16-10-. The fraction of sp³-hybridized carbons (Fsp3) is 0.0714. The van der Waals surface area contributed by atoms with Crippen LogP contribution in [0.15, 0.2) is 53.8 Å². The number of hydrazone groups is 1. The second-order valence-electron chi connectivity index (χ2n) is 3.89. The van der Waals surface area contributed by atoms with E-state index in [2.05, 4.69) is 15.5 Å². The number of carboxylic acid groups (broad SMARTS) is 1. The van der Waals surface area contributed by atoms with Crippen molar-refractivity contribution in [3.05, 3.63) is 59.9 Å². The maximum Gasteiger partial charge on any atom is 0.0859 e. The largest absolute Gasteiger partial charge is 0.545 e. The normalized spacial score (nSPS) is 11.1. The third kappa shape index (κ3) is 3.38. The van der Waals surface area contributed by atoms with Gasteiger partial charge in [0.15, 0.2) is 0 Å². The number of aromatic nitrogens is 1. The molecule has 19 heavy (non-hydrogen) atoms. The Labute approximate surface area is 110 Å². The minimum Gasteiger partial charge on any atom is -0.545 e. The summed E-state index contributed by atoms with van der Waals surface area (Å²) in [4.78, 5) is 14.9. The number of carboxylic acids is 1. The van der Waals surface area contributed by atoms with Gasteiger partial charge in [-0.3, -0.25) is 10.4 Å². The van der Waals surface area contributed by atoms with Gasteiger partial charge in [-0.15, -0.1) is 0 Å². The number of carbonyl (C=O) groups is 1. The van der Waals surface area contributed by atoms with Crippen LogP contribution in [0.4, 0.5) is 5.69 Å². The van der Waals surface area contributed by atoms with E-state index in [4.69, 9.17) is 0 Å². The molecular weight excluding hydrogens is 242 g/mol. The van der Waals surface area contributed by atoms with Crippen LogP contribution < -0.4 is 10.5 Å². The third-order valence-electron chi connectivity index (χ3n) is 2.49. The van der Waals surface area contributed by atoms with Crippen molar-refractivity contribution in [2.75, 3.05) is 5.43 Å². The Morgan fingerprint density at radius 3 is 2.79 bits per heavy atom. The molecule has 0 radical (unpaired) electrons. The van der Waals surface area contributed by atoms with E-state index in [1.807, 2.05) is 25.1 Å². The lowest BCUT2D eigenvalue weighted by atomic mass is 10.2. The van der Waals surface area contributed by atoms with E-state index >= 15 is 0 Å². The number of rotatable bonds is 4. The maximum atomic E-state index is 10.7. The van der Waals surface area contributed by atoms with E-state index in [0.29, 0.717) is 11.4 Å². The molecule has 0 spiro atoms. The molecule has 2 rings (SSSR count). The van der Waals surface area contributed by atoms with Crippen LogP contribution in [0.2, 0.25) is 0 Å². The molecule has 1 aromatic carbocycles. The summed E-state index contributed by atoms with van der Waals surface area (Å²) in [6.07, 6.45) is 1.69. The summed E-state index contributed by atoms with van der Waals surface area (Å²) in [7, 11) is 0. The van der Waals surface area contributed by atoms with Gasteiger partial charge in [-0.1, -0.05) is 18.2 Å². The van der Waals surface area contributed by atoms with Crippen LogP contribution in [0.3, 0.4) is 0 Å². The molecule has 0 aliphatic heterocycles. The smallest absolute Gasteiger partial charge is 0.0859 e. The van der Waals surface area contributed by atoms with Crippen molar-refractivity contribution in [2.24, 2.45) is 5.10 Å². The molecule has 0 atom stereocenters. The molecule has 2 aromatic rings. The van der Waals surface area contributed by atoms with E-state index in [-0.39, 0.29) is 5.56 Å². The predicted octanol–water partition coefficient (Wildman–Crippen LogP) is 1.28. The van der Waals surface area contributed by atoms with Gasteiger partial charge in [-0.25, -0.2) is 0 Å². The van der Waals surface area contributed by atoms with Gasteiger partial charge < -0.3 is 9.90 Å². The number of hydrogen-bond acceptors (Lipinski definition) is 5. The number of benzene rings is 1. The van der Waals surface area contributed by atoms with Crippen molar-refractivity contribution >= 4 is 17.4 Å². The van der Waals surface area contributed by atoms with Gasteiger partial charge in [0.05, 0.1) is 23.1 Å². The molecule has 0 saturated heterocycles. The Kier molecular flexibility index (Phi) is 3.87. The van der Waals surface area contributed by atoms with Gasteiger partial charge in [0.1, 0.15) is 0 Å². The van der Waals surface area contributed by atoms with Crippen molar-refractivity contribution < 1.29 is 9.90 Å². The Bertz CT molecular complexity index is 609. The minimum atomic E-state index is -1.21. The van der Waals surface area contributed by atoms with Crippen molar-refractivity contribution in [2.45, 2.75) is 6.92 Å².